The lowest BCUT2D eigenvalue weighted by atomic mass is 9.93. The van der Waals surface area contributed by atoms with E-state index >= 15 is 0 Å². The van der Waals surface area contributed by atoms with Crippen molar-refractivity contribution in [1.82, 2.24) is 0 Å². The van der Waals surface area contributed by atoms with Crippen molar-refractivity contribution in [2.24, 2.45) is 17.8 Å². The number of carbonyl (C=O) groups is 1. The van der Waals surface area contributed by atoms with Gasteiger partial charge in [0, 0.05) is 0 Å². The molecule has 3 aliphatic rings. The number of fused-ring (bicyclic) bond motifs is 2. The van der Waals surface area contributed by atoms with Crippen molar-refractivity contribution in [2.75, 3.05) is 0 Å². The Hall–Kier alpha value is -0.790. The Morgan fingerprint density at radius 1 is 1.06 bits per heavy atom. The normalized spacial score (nSPS) is 37.9. The summed E-state index contributed by atoms with van der Waals surface area (Å²) >= 11 is 0. The van der Waals surface area contributed by atoms with Crippen LogP contribution in [0.25, 0.3) is 0 Å². The van der Waals surface area contributed by atoms with Gasteiger partial charge in [-0.15, -0.1) is 0 Å². The van der Waals surface area contributed by atoms with E-state index in [1.165, 1.54) is 25.7 Å². The highest BCUT2D eigenvalue weighted by molar-refractivity contribution is 5.74. The molecule has 0 aromatic heterocycles. The van der Waals surface area contributed by atoms with Gasteiger partial charge in [0.2, 0.25) is 0 Å². The topological polar surface area (TPSA) is 26.3 Å². The number of hydrogen-bond acceptors (Lipinski definition) is 2. The monoisotopic (exact) mass is 220 g/mol. The molecule has 2 heteroatoms. The molecule has 2 nitrogen and oxygen atoms in total. The van der Waals surface area contributed by atoms with E-state index in [9.17, 15) is 4.79 Å². The molecule has 2 fully saturated rings. The Balaban J connectivity index is 1.55. The van der Waals surface area contributed by atoms with Crippen molar-refractivity contribution in [2.45, 2.75) is 51.0 Å². The van der Waals surface area contributed by atoms with Gasteiger partial charge >= 0.3 is 5.97 Å². The van der Waals surface area contributed by atoms with Crippen LogP contribution in [-0.4, -0.2) is 12.1 Å². The highest BCUT2D eigenvalue weighted by Gasteiger charge is 2.41. The van der Waals surface area contributed by atoms with Crippen LogP contribution in [0.2, 0.25) is 0 Å². The minimum absolute atomic E-state index is 0.0868. The fourth-order valence-corrected chi connectivity index (χ4v) is 3.49. The zero-order valence-electron chi connectivity index (χ0n) is 9.73. The lowest BCUT2D eigenvalue weighted by Gasteiger charge is -2.25. The van der Waals surface area contributed by atoms with Gasteiger partial charge in [-0.05, 0) is 50.4 Å². The summed E-state index contributed by atoms with van der Waals surface area (Å²) in [4.78, 5) is 12.0. The van der Waals surface area contributed by atoms with E-state index in [2.05, 4.69) is 12.2 Å². The average Bonchev–Trinajstić information content (AvgIpc) is 2.92. The van der Waals surface area contributed by atoms with Crippen molar-refractivity contribution in [1.29, 1.82) is 0 Å². The second-order valence-corrected chi connectivity index (χ2v) is 5.58. The Bertz CT molecular complexity index is 302. The molecule has 0 unspecified atom stereocenters. The van der Waals surface area contributed by atoms with Crippen LogP contribution >= 0.6 is 0 Å². The highest BCUT2D eigenvalue weighted by Crippen LogP contribution is 2.44. The van der Waals surface area contributed by atoms with Gasteiger partial charge in [-0.1, -0.05) is 18.6 Å². The van der Waals surface area contributed by atoms with Gasteiger partial charge in [0.15, 0.2) is 0 Å². The zero-order chi connectivity index (χ0) is 11.0. The number of esters is 1. The fraction of sp³-hybridized carbons (Fsp3) is 0.786. The second kappa shape index (κ2) is 4.23. The van der Waals surface area contributed by atoms with Gasteiger partial charge in [-0.3, -0.25) is 4.79 Å². The van der Waals surface area contributed by atoms with E-state index in [4.69, 9.17) is 4.74 Å². The molecule has 3 atom stereocenters. The summed E-state index contributed by atoms with van der Waals surface area (Å²) in [6.45, 7) is 0. The molecule has 16 heavy (non-hydrogen) atoms. The third kappa shape index (κ3) is 1.90. The fourth-order valence-electron chi connectivity index (χ4n) is 3.49. The van der Waals surface area contributed by atoms with Crippen molar-refractivity contribution in [3.05, 3.63) is 12.2 Å². The van der Waals surface area contributed by atoms with Crippen LogP contribution in [0.15, 0.2) is 12.2 Å². The molecule has 2 bridgehead atoms. The molecule has 0 amide bonds. The molecule has 0 aliphatic heterocycles. The van der Waals surface area contributed by atoms with Crippen molar-refractivity contribution >= 4 is 5.97 Å². The SMILES string of the molecule is O=C(OC1CCCCC1)[C@H]1C[C@H]2C=C[C@@H]1C2. The smallest absolute Gasteiger partial charge is 0.309 e. The van der Waals surface area contributed by atoms with E-state index in [-0.39, 0.29) is 18.0 Å². The first-order valence-corrected chi connectivity index (χ1v) is 6.72. The molecule has 0 aromatic carbocycles. The number of allylic oxidation sites excluding steroid dienone is 2. The number of hydrogen-bond donors (Lipinski definition) is 0. The lowest BCUT2D eigenvalue weighted by Crippen LogP contribution is -2.28. The quantitative estimate of drug-likeness (QED) is 0.528. The predicted octanol–water partition coefficient (Wildman–Crippen LogP) is 3.07. The molecular weight excluding hydrogens is 200 g/mol. The van der Waals surface area contributed by atoms with Gasteiger partial charge in [-0.2, -0.15) is 0 Å². The molecule has 0 heterocycles. The minimum atomic E-state index is 0.0868. The standard InChI is InChI=1S/C14H20O2/c15-14(16-12-4-2-1-3-5-12)13-9-10-6-7-11(13)8-10/h6-7,10-13H,1-5,8-9H2/t10-,11+,13-/m0/s1. The third-order valence-corrected chi connectivity index (χ3v) is 4.42. The van der Waals surface area contributed by atoms with Crippen LogP contribution in [-0.2, 0) is 9.53 Å². The summed E-state index contributed by atoms with van der Waals surface area (Å²) in [5.74, 6) is 1.41. The summed E-state index contributed by atoms with van der Waals surface area (Å²) in [7, 11) is 0. The van der Waals surface area contributed by atoms with Crippen molar-refractivity contribution in [3.8, 4) is 0 Å². The maximum Gasteiger partial charge on any atom is 0.309 e. The first kappa shape index (κ1) is 10.4. The largest absolute Gasteiger partial charge is 0.462 e. The summed E-state index contributed by atoms with van der Waals surface area (Å²) in [5, 5.41) is 0. The van der Waals surface area contributed by atoms with Crippen LogP contribution in [0.1, 0.15) is 44.9 Å². The summed E-state index contributed by atoms with van der Waals surface area (Å²) in [6, 6.07) is 0. The molecule has 3 aliphatic carbocycles. The Labute approximate surface area is 97.1 Å². The van der Waals surface area contributed by atoms with E-state index in [1.54, 1.807) is 0 Å². The first-order valence-electron chi connectivity index (χ1n) is 6.72. The molecule has 2 saturated carbocycles. The van der Waals surface area contributed by atoms with Gasteiger partial charge in [0.25, 0.3) is 0 Å². The van der Waals surface area contributed by atoms with Gasteiger partial charge < -0.3 is 4.74 Å². The molecular formula is C14H20O2. The second-order valence-electron chi connectivity index (χ2n) is 5.58. The van der Waals surface area contributed by atoms with E-state index in [0.29, 0.717) is 11.8 Å². The number of rotatable bonds is 2. The zero-order valence-corrected chi connectivity index (χ0v) is 9.73. The molecule has 3 rings (SSSR count). The molecule has 0 saturated heterocycles. The number of ether oxygens (including phenoxy) is 1. The first-order chi connectivity index (χ1) is 7.83. The van der Waals surface area contributed by atoms with Crippen LogP contribution in [0, 0.1) is 17.8 Å². The predicted molar refractivity (Wildman–Crippen MR) is 61.8 cm³/mol. The maximum atomic E-state index is 12.0. The lowest BCUT2D eigenvalue weighted by molar-refractivity contribution is -0.156. The molecule has 88 valence electrons. The molecule has 0 spiro atoms. The van der Waals surface area contributed by atoms with E-state index in [0.717, 1.165) is 19.3 Å². The Morgan fingerprint density at radius 2 is 1.88 bits per heavy atom. The molecule has 0 N–H and O–H groups in total. The van der Waals surface area contributed by atoms with Gasteiger partial charge in [0.05, 0.1) is 5.92 Å². The molecule has 0 aromatic rings. The van der Waals surface area contributed by atoms with Gasteiger partial charge in [-0.25, -0.2) is 0 Å². The average molecular weight is 220 g/mol. The van der Waals surface area contributed by atoms with Crippen LogP contribution < -0.4 is 0 Å². The minimum Gasteiger partial charge on any atom is -0.462 e. The van der Waals surface area contributed by atoms with E-state index in [1.807, 2.05) is 0 Å². The van der Waals surface area contributed by atoms with Crippen molar-refractivity contribution < 1.29 is 9.53 Å². The van der Waals surface area contributed by atoms with E-state index < -0.39 is 0 Å². The Morgan fingerprint density at radius 3 is 2.50 bits per heavy atom. The third-order valence-electron chi connectivity index (χ3n) is 4.42. The summed E-state index contributed by atoms with van der Waals surface area (Å²) in [5.41, 5.74) is 0. The van der Waals surface area contributed by atoms with Crippen LogP contribution in [0.5, 0.6) is 0 Å². The summed E-state index contributed by atoms with van der Waals surface area (Å²) < 4.78 is 5.66. The highest BCUT2D eigenvalue weighted by atomic mass is 16.5. The molecule has 0 radical (unpaired) electrons. The Kier molecular flexibility index (Phi) is 2.74. The van der Waals surface area contributed by atoms with Gasteiger partial charge in [0.1, 0.15) is 6.10 Å². The summed E-state index contributed by atoms with van der Waals surface area (Å²) in [6.07, 6.45) is 12.9. The van der Waals surface area contributed by atoms with Crippen LogP contribution in [0.4, 0.5) is 0 Å². The van der Waals surface area contributed by atoms with Crippen molar-refractivity contribution in [3.63, 3.8) is 0 Å². The number of carbonyl (C=O) groups excluding carboxylic acids is 1. The van der Waals surface area contributed by atoms with Crippen LogP contribution in [0.3, 0.4) is 0 Å². The maximum absolute atomic E-state index is 12.0.